The van der Waals surface area contributed by atoms with Crippen molar-refractivity contribution in [1.29, 1.82) is 0 Å². The normalized spacial score (nSPS) is 31.7. The van der Waals surface area contributed by atoms with E-state index in [0.29, 0.717) is 16.3 Å². The van der Waals surface area contributed by atoms with E-state index in [4.69, 9.17) is 0 Å². The minimum atomic E-state index is 0.0795. The third-order valence-corrected chi connectivity index (χ3v) is 8.07. The summed E-state index contributed by atoms with van der Waals surface area (Å²) in [5.41, 5.74) is 1.23. The summed E-state index contributed by atoms with van der Waals surface area (Å²) >= 11 is 1.39. The fourth-order valence-corrected chi connectivity index (χ4v) is 6.98. The Morgan fingerprint density at radius 1 is 1.18 bits per heavy atom. The number of rotatable bonds is 6. The average molecular weight is 398 g/mol. The van der Waals surface area contributed by atoms with E-state index in [0.717, 1.165) is 23.4 Å². The van der Waals surface area contributed by atoms with Gasteiger partial charge in [-0.05, 0) is 91.2 Å². The van der Waals surface area contributed by atoms with Gasteiger partial charge in [0.2, 0.25) is 11.1 Å². The molecule has 4 aliphatic rings. The zero-order valence-corrected chi connectivity index (χ0v) is 17.1. The summed E-state index contributed by atoms with van der Waals surface area (Å²) in [6.45, 7) is 2.23. The monoisotopic (exact) mass is 397 g/mol. The summed E-state index contributed by atoms with van der Waals surface area (Å²) in [5.74, 6) is 3.11. The molecule has 1 aromatic carbocycles. The summed E-state index contributed by atoms with van der Waals surface area (Å²) in [7, 11) is 0. The number of para-hydroxylation sites is 1. The Hall–Kier alpha value is -1.89. The number of nitrogens with one attached hydrogen (secondary N) is 1. The lowest BCUT2D eigenvalue weighted by atomic mass is 9.48. The molecule has 1 N–H and O–H groups in total. The third-order valence-electron chi connectivity index (χ3n) is 7.16. The van der Waals surface area contributed by atoms with Gasteiger partial charge in [-0.2, -0.15) is 4.68 Å². The molecule has 6 rings (SSSR count). The number of tetrazole rings is 1. The van der Waals surface area contributed by atoms with E-state index < -0.39 is 0 Å². The fourth-order valence-electron chi connectivity index (χ4n) is 6.27. The predicted molar refractivity (Wildman–Crippen MR) is 108 cm³/mol. The molecular formula is C21H27N5OS. The van der Waals surface area contributed by atoms with Gasteiger partial charge in [0.05, 0.1) is 11.4 Å². The van der Waals surface area contributed by atoms with E-state index in [2.05, 4.69) is 27.8 Å². The molecule has 1 atom stereocenters. The number of hydrogen-bond acceptors (Lipinski definition) is 5. The highest BCUT2D eigenvalue weighted by molar-refractivity contribution is 7.99. The molecule has 0 aliphatic heterocycles. The molecular weight excluding hydrogens is 370 g/mol. The highest BCUT2D eigenvalue weighted by atomic mass is 32.2. The molecule has 148 valence electrons. The van der Waals surface area contributed by atoms with Crippen molar-refractivity contribution in [1.82, 2.24) is 25.5 Å². The van der Waals surface area contributed by atoms with Crippen LogP contribution in [-0.2, 0) is 4.79 Å². The van der Waals surface area contributed by atoms with Gasteiger partial charge in [-0.1, -0.05) is 30.0 Å². The Balaban J connectivity index is 1.20. The maximum atomic E-state index is 12.7. The lowest BCUT2D eigenvalue weighted by Crippen LogP contribution is -2.56. The number of carbonyl (C=O) groups excluding carboxylic acids is 1. The van der Waals surface area contributed by atoms with Crippen LogP contribution in [0.3, 0.4) is 0 Å². The van der Waals surface area contributed by atoms with Crippen LogP contribution in [0.25, 0.3) is 5.69 Å². The van der Waals surface area contributed by atoms with E-state index in [1.54, 1.807) is 4.68 Å². The second kappa shape index (κ2) is 7.17. The Morgan fingerprint density at radius 2 is 1.82 bits per heavy atom. The van der Waals surface area contributed by atoms with Crippen LogP contribution in [0.15, 0.2) is 35.5 Å². The van der Waals surface area contributed by atoms with Gasteiger partial charge in [-0.15, -0.1) is 5.10 Å². The Bertz CT molecular complexity index is 816. The lowest BCUT2D eigenvalue weighted by Gasteiger charge is -2.59. The van der Waals surface area contributed by atoms with Crippen LogP contribution in [-0.4, -0.2) is 37.9 Å². The van der Waals surface area contributed by atoms with Crippen molar-refractivity contribution >= 4 is 17.7 Å². The average Bonchev–Trinajstić information content (AvgIpc) is 3.14. The van der Waals surface area contributed by atoms with E-state index >= 15 is 0 Å². The standard InChI is InChI=1S/C21H27N5OS/c1-14(21-10-15-7-16(11-21)9-17(8-15)12-21)22-19(27)13-28-20-23-24-25-26(20)18-5-3-2-4-6-18/h2-6,14-17H,7-13H2,1H3,(H,22,27). The molecule has 7 heteroatoms. The summed E-state index contributed by atoms with van der Waals surface area (Å²) in [4.78, 5) is 12.7. The maximum absolute atomic E-state index is 12.7. The van der Waals surface area contributed by atoms with Crippen molar-refractivity contribution in [2.75, 3.05) is 5.75 Å². The van der Waals surface area contributed by atoms with Crippen LogP contribution in [0.2, 0.25) is 0 Å². The molecule has 1 amide bonds. The first-order valence-electron chi connectivity index (χ1n) is 10.4. The molecule has 1 heterocycles. The van der Waals surface area contributed by atoms with E-state index in [-0.39, 0.29) is 11.9 Å². The molecule has 0 saturated heterocycles. The van der Waals surface area contributed by atoms with Crippen LogP contribution in [0.1, 0.15) is 45.4 Å². The molecule has 1 unspecified atom stereocenters. The molecule has 4 saturated carbocycles. The quantitative estimate of drug-likeness (QED) is 0.756. The summed E-state index contributed by atoms with van der Waals surface area (Å²) in [6, 6.07) is 10.0. The first-order valence-corrected chi connectivity index (χ1v) is 11.4. The van der Waals surface area contributed by atoms with Gasteiger partial charge in [0, 0.05) is 6.04 Å². The summed E-state index contributed by atoms with van der Waals surface area (Å²) < 4.78 is 1.68. The molecule has 28 heavy (non-hydrogen) atoms. The van der Waals surface area contributed by atoms with Crippen molar-refractivity contribution in [2.24, 2.45) is 23.2 Å². The van der Waals surface area contributed by atoms with Gasteiger partial charge in [0.25, 0.3) is 0 Å². The van der Waals surface area contributed by atoms with Crippen LogP contribution in [0, 0.1) is 23.2 Å². The second-order valence-corrected chi connectivity index (χ2v) is 10.0. The summed E-state index contributed by atoms with van der Waals surface area (Å²) in [6.07, 6.45) is 8.20. The molecule has 1 aromatic heterocycles. The number of amides is 1. The minimum absolute atomic E-state index is 0.0795. The topological polar surface area (TPSA) is 72.7 Å². The maximum Gasteiger partial charge on any atom is 0.230 e. The number of aromatic nitrogens is 4. The molecule has 4 bridgehead atoms. The Kier molecular flexibility index (Phi) is 4.65. The Morgan fingerprint density at radius 3 is 2.46 bits per heavy atom. The lowest BCUT2D eigenvalue weighted by molar-refractivity contribution is -0.123. The van der Waals surface area contributed by atoms with Gasteiger partial charge in [0.1, 0.15) is 0 Å². The largest absolute Gasteiger partial charge is 0.352 e. The van der Waals surface area contributed by atoms with E-state index in [1.807, 2.05) is 30.3 Å². The first kappa shape index (κ1) is 18.2. The third kappa shape index (κ3) is 3.34. The van der Waals surface area contributed by atoms with Gasteiger partial charge < -0.3 is 5.32 Å². The van der Waals surface area contributed by atoms with E-state index in [1.165, 1.54) is 50.3 Å². The molecule has 4 aliphatic carbocycles. The zero-order chi connectivity index (χ0) is 19.1. The molecule has 4 fully saturated rings. The summed E-state index contributed by atoms with van der Waals surface area (Å²) in [5, 5.41) is 15.9. The zero-order valence-electron chi connectivity index (χ0n) is 16.3. The number of nitrogens with zero attached hydrogens (tertiary/aromatic N) is 4. The van der Waals surface area contributed by atoms with Crippen molar-refractivity contribution in [2.45, 2.75) is 56.6 Å². The van der Waals surface area contributed by atoms with E-state index in [9.17, 15) is 4.79 Å². The highest BCUT2D eigenvalue weighted by Crippen LogP contribution is 2.61. The molecule has 0 spiro atoms. The van der Waals surface area contributed by atoms with Gasteiger partial charge >= 0.3 is 0 Å². The van der Waals surface area contributed by atoms with Crippen LogP contribution in [0.4, 0.5) is 0 Å². The minimum Gasteiger partial charge on any atom is -0.352 e. The van der Waals surface area contributed by atoms with Gasteiger partial charge in [0.15, 0.2) is 0 Å². The van der Waals surface area contributed by atoms with Crippen molar-refractivity contribution in [3.05, 3.63) is 30.3 Å². The highest BCUT2D eigenvalue weighted by Gasteiger charge is 2.53. The number of hydrogen-bond donors (Lipinski definition) is 1. The smallest absolute Gasteiger partial charge is 0.230 e. The van der Waals surface area contributed by atoms with Crippen molar-refractivity contribution < 1.29 is 4.79 Å². The molecule has 0 radical (unpaired) electrons. The second-order valence-electron chi connectivity index (χ2n) is 9.07. The van der Waals surface area contributed by atoms with Gasteiger partial charge in [-0.25, -0.2) is 0 Å². The SMILES string of the molecule is CC(NC(=O)CSc1nnnn1-c1ccccc1)C12CC3CC(CC(C3)C1)C2. The van der Waals surface area contributed by atoms with Crippen LogP contribution >= 0.6 is 11.8 Å². The first-order chi connectivity index (χ1) is 13.6. The fraction of sp³-hybridized carbons (Fsp3) is 0.619. The van der Waals surface area contributed by atoms with Crippen molar-refractivity contribution in [3.63, 3.8) is 0 Å². The number of benzene rings is 1. The van der Waals surface area contributed by atoms with Gasteiger partial charge in [-0.3, -0.25) is 4.79 Å². The van der Waals surface area contributed by atoms with Crippen LogP contribution in [0.5, 0.6) is 0 Å². The molecule has 6 nitrogen and oxygen atoms in total. The number of thioether (sulfide) groups is 1. The number of carbonyl (C=O) groups is 1. The Labute approximate surface area is 169 Å². The van der Waals surface area contributed by atoms with Crippen molar-refractivity contribution in [3.8, 4) is 5.69 Å². The predicted octanol–water partition coefficient (Wildman–Crippen LogP) is 3.48. The van der Waals surface area contributed by atoms with Crippen LogP contribution < -0.4 is 5.32 Å². The molecule has 2 aromatic rings.